The molecule has 3 fully saturated rings. The predicted octanol–water partition coefficient (Wildman–Crippen LogP) is 2.67. The monoisotopic (exact) mass is 346 g/mol. The molecule has 138 valence electrons. The van der Waals surface area contributed by atoms with Crippen LogP contribution in [0.1, 0.15) is 58.8 Å². The molecule has 2 N–H and O–H groups in total. The van der Waals surface area contributed by atoms with E-state index in [0.29, 0.717) is 36.9 Å². The van der Waals surface area contributed by atoms with Crippen LogP contribution in [0, 0.1) is 34.5 Å². The lowest BCUT2D eigenvalue weighted by molar-refractivity contribution is -0.144. The van der Waals surface area contributed by atoms with E-state index in [2.05, 4.69) is 19.9 Å². The van der Waals surface area contributed by atoms with E-state index < -0.39 is 6.10 Å². The lowest BCUT2D eigenvalue weighted by Crippen LogP contribution is -2.56. The zero-order valence-corrected chi connectivity index (χ0v) is 15.3. The molecule has 0 spiro atoms. The number of fused-ring (bicyclic) bond motifs is 5. The molecule has 0 aromatic rings. The molecule has 1 unspecified atom stereocenters. The van der Waals surface area contributed by atoms with Crippen molar-refractivity contribution in [2.75, 3.05) is 6.61 Å². The van der Waals surface area contributed by atoms with Crippen molar-refractivity contribution in [3.05, 3.63) is 11.6 Å². The van der Waals surface area contributed by atoms with Gasteiger partial charge in [-0.05, 0) is 60.7 Å². The Balaban J connectivity index is 1.70. The summed E-state index contributed by atoms with van der Waals surface area (Å²) in [6.45, 7) is 4.02. The summed E-state index contributed by atoms with van der Waals surface area (Å²) < 4.78 is 0. The van der Waals surface area contributed by atoms with Crippen molar-refractivity contribution in [3.8, 4) is 0 Å². The van der Waals surface area contributed by atoms with Gasteiger partial charge in [-0.1, -0.05) is 25.5 Å². The second-order valence-corrected chi connectivity index (χ2v) is 9.43. The Labute approximate surface area is 149 Å². The second-order valence-electron chi connectivity index (χ2n) is 9.43. The number of aliphatic hydroxyl groups excluding tert-OH is 2. The molecule has 0 saturated heterocycles. The maximum absolute atomic E-state index is 12.3. The lowest BCUT2D eigenvalue weighted by atomic mass is 9.46. The third kappa shape index (κ3) is 2.33. The topological polar surface area (TPSA) is 74.6 Å². The number of allylic oxidation sites excluding steroid dienone is 2. The minimum atomic E-state index is -0.430. The molecule has 4 nitrogen and oxygen atoms in total. The summed E-state index contributed by atoms with van der Waals surface area (Å²) in [7, 11) is 0. The van der Waals surface area contributed by atoms with E-state index >= 15 is 0 Å². The van der Waals surface area contributed by atoms with Crippen molar-refractivity contribution >= 4 is 11.6 Å². The summed E-state index contributed by atoms with van der Waals surface area (Å²) in [5.41, 5.74) is 0.970. The van der Waals surface area contributed by atoms with Gasteiger partial charge in [-0.15, -0.1) is 0 Å². The van der Waals surface area contributed by atoms with Crippen molar-refractivity contribution in [2.45, 2.75) is 64.9 Å². The fraction of sp³-hybridized carbons (Fsp3) is 0.810. The Morgan fingerprint density at radius 2 is 2.08 bits per heavy atom. The molecule has 0 heterocycles. The number of hydrogen-bond donors (Lipinski definition) is 2. The summed E-state index contributed by atoms with van der Waals surface area (Å²) in [5, 5.41) is 20.5. The number of rotatable bonds is 2. The molecule has 4 rings (SSSR count). The molecule has 4 heteroatoms. The highest BCUT2D eigenvalue weighted by Gasteiger charge is 2.62. The highest BCUT2D eigenvalue weighted by Crippen LogP contribution is 2.66. The first kappa shape index (κ1) is 17.4. The van der Waals surface area contributed by atoms with Gasteiger partial charge < -0.3 is 10.2 Å². The quantitative estimate of drug-likeness (QED) is 0.754. The molecule has 7 atom stereocenters. The van der Waals surface area contributed by atoms with Crippen molar-refractivity contribution in [3.63, 3.8) is 0 Å². The van der Waals surface area contributed by atoms with Crippen molar-refractivity contribution in [1.29, 1.82) is 0 Å². The van der Waals surface area contributed by atoms with Crippen LogP contribution in [0.4, 0.5) is 0 Å². The lowest BCUT2D eigenvalue weighted by Gasteiger charge is -2.59. The van der Waals surface area contributed by atoms with Crippen molar-refractivity contribution in [1.82, 2.24) is 0 Å². The number of carbonyl (C=O) groups is 2. The van der Waals surface area contributed by atoms with Crippen LogP contribution in [0.5, 0.6) is 0 Å². The maximum atomic E-state index is 12.3. The van der Waals surface area contributed by atoms with Gasteiger partial charge in [0.2, 0.25) is 0 Å². The molecule has 0 aliphatic heterocycles. The minimum Gasteiger partial charge on any atom is -0.393 e. The van der Waals surface area contributed by atoms with E-state index in [1.165, 1.54) is 5.57 Å². The molecule has 0 radical (unpaired) electrons. The maximum Gasteiger partial charge on any atom is 0.161 e. The third-order valence-corrected chi connectivity index (χ3v) is 8.41. The van der Waals surface area contributed by atoms with Gasteiger partial charge in [0.25, 0.3) is 0 Å². The molecule has 0 aromatic heterocycles. The highest BCUT2D eigenvalue weighted by molar-refractivity contribution is 5.83. The average Bonchev–Trinajstić information content (AvgIpc) is 2.91. The Morgan fingerprint density at radius 3 is 2.80 bits per heavy atom. The molecule has 25 heavy (non-hydrogen) atoms. The Bertz CT molecular complexity index is 638. The molecule has 0 aromatic carbocycles. The molecule has 4 aliphatic carbocycles. The van der Waals surface area contributed by atoms with E-state index in [1.807, 2.05) is 0 Å². The normalized spacial score (nSPS) is 49.0. The second kappa shape index (κ2) is 5.75. The molecule has 4 aliphatic rings. The average molecular weight is 346 g/mol. The summed E-state index contributed by atoms with van der Waals surface area (Å²) in [6, 6.07) is 0. The van der Waals surface area contributed by atoms with Crippen molar-refractivity contribution in [2.24, 2.45) is 34.5 Å². The fourth-order valence-electron chi connectivity index (χ4n) is 7.25. The van der Waals surface area contributed by atoms with Crippen LogP contribution >= 0.6 is 0 Å². The van der Waals surface area contributed by atoms with E-state index in [1.54, 1.807) is 0 Å². The van der Waals surface area contributed by atoms with Gasteiger partial charge in [-0.25, -0.2) is 0 Å². The fourth-order valence-corrected chi connectivity index (χ4v) is 7.25. The van der Waals surface area contributed by atoms with Gasteiger partial charge in [-0.3, -0.25) is 9.59 Å². The van der Waals surface area contributed by atoms with Crippen LogP contribution in [-0.2, 0) is 9.59 Å². The van der Waals surface area contributed by atoms with Crippen LogP contribution < -0.4 is 0 Å². The zero-order valence-electron chi connectivity index (χ0n) is 15.3. The molecule has 0 bridgehead atoms. The standard InChI is InChI=1S/C21H30O4/c1-20-8-7-13(23)9-12(20)3-4-14-15-5-6-16(18(25)11-22)21(15,2)10-17(24)19(14)20/h3,14-17,19,22,24H,4-11H2,1-2H3/t14-,15-,16+,17?,19+,20-,21-/m0/s1. The number of hydrogen-bond acceptors (Lipinski definition) is 4. The van der Waals surface area contributed by atoms with Crippen LogP contribution in [0.25, 0.3) is 0 Å². The highest BCUT2D eigenvalue weighted by atomic mass is 16.3. The number of Topliss-reactive ketones (excluding diaryl/α,β-unsaturated/α-hetero) is 2. The van der Waals surface area contributed by atoms with Crippen LogP contribution in [-0.4, -0.2) is 34.5 Å². The largest absolute Gasteiger partial charge is 0.393 e. The Kier molecular flexibility index (Phi) is 4.01. The van der Waals surface area contributed by atoms with Gasteiger partial charge in [0.05, 0.1) is 6.10 Å². The first-order valence-electron chi connectivity index (χ1n) is 9.84. The predicted molar refractivity (Wildman–Crippen MR) is 93.7 cm³/mol. The number of aliphatic hydroxyl groups is 2. The Hall–Kier alpha value is -1.00. The first-order valence-corrected chi connectivity index (χ1v) is 9.84. The summed E-state index contributed by atoms with van der Waals surface area (Å²) in [5.74, 6) is 1.15. The van der Waals surface area contributed by atoms with E-state index in [4.69, 9.17) is 0 Å². The smallest absolute Gasteiger partial charge is 0.161 e. The molecule has 0 amide bonds. The van der Waals surface area contributed by atoms with E-state index in [9.17, 15) is 19.8 Å². The van der Waals surface area contributed by atoms with Gasteiger partial charge in [0.1, 0.15) is 12.4 Å². The summed E-state index contributed by atoms with van der Waals surface area (Å²) >= 11 is 0. The summed E-state index contributed by atoms with van der Waals surface area (Å²) in [6.07, 6.45) is 7.28. The molecule has 3 saturated carbocycles. The van der Waals surface area contributed by atoms with E-state index in [0.717, 1.165) is 25.7 Å². The SMILES string of the molecule is C[C@]12CC(O)[C@H]3[C@@H](CC=C4CC(=O)CC[C@@]43C)[C@@H]1CC[C@@H]2C(=O)CO. The zero-order chi connectivity index (χ0) is 18.0. The van der Waals surface area contributed by atoms with Gasteiger partial charge >= 0.3 is 0 Å². The van der Waals surface area contributed by atoms with Crippen LogP contribution in [0.15, 0.2) is 11.6 Å². The van der Waals surface area contributed by atoms with Crippen LogP contribution in [0.3, 0.4) is 0 Å². The summed E-state index contributed by atoms with van der Waals surface area (Å²) in [4.78, 5) is 24.2. The third-order valence-electron chi connectivity index (χ3n) is 8.41. The molecular formula is C21H30O4. The van der Waals surface area contributed by atoms with E-state index in [-0.39, 0.29) is 35.1 Å². The van der Waals surface area contributed by atoms with Crippen molar-refractivity contribution < 1.29 is 19.8 Å². The minimum absolute atomic E-state index is 0.0582. The number of carbonyl (C=O) groups excluding carboxylic acids is 2. The van der Waals surface area contributed by atoms with Gasteiger partial charge in [-0.2, -0.15) is 0 Å². The number of ketones is 2. The Morgan fingerprint density at radius 1 is 1.32 bits per heavy atom. The van der Waals surface area contributed by atoms with Gasteiger partial charge in [0.15, 0.2) is 5.78 Å². The van der Waals surface area contributed by atoms with Gasteiger partial charge in [0, 0.05) is 18.8 Å². The van der Waals surface area contributed by atoms with Crippen LogP contribution in [0.2, 0.25) is 0 Å². The first-order chi connectivity index (χ1) is 11.8. The molecular weight excluding hydrogens is 316 g/mol.